The highest BCUT2D eigenvalue weighted by molar-refractivity contribution is 5.60. The summed E-state index contributed by atoms with van der Waals surface area (Å²) in [5, 5.41) is 0. The molecule has 3 rings (SSSR count). The number of pyridine rings is 2. The molecule has 4 heteroatoms. The first-order valence-electron chi connectivity index (χ1n) is 7.92. The Kier molecular flexibility index (Phi) is 5.50. The maximum atomic E-state index is 5.38. The van der Waals surface area contributed by atoms with Crippen molar-refractivity contribution < 1.29 is 9.47 Å². The van der Waals surface area contributed by atoms with Gasteiger partial charge in [0.25, 0.3) is 0 Å². The van der Waals surface area contributed by atoms with Crippen molar-refractivity contribution in [2.24, 2.45) is 0 Å². The molecule has 0 radical (unpaired) electrons. The van der Waals surface area contributed by atoms with Gasteiger partial charge >= 0.3 is 0 Å². The Balaban J connectivity index is 2.07. The van der Waals surface area contributed by atoms with E-state index < -0.39 is 0 Å². The lowest BCUT2D eigenvalue weighted by Gasteiger charge is -2.09. The van der Waals surface area contributed by atoms with Gasteiger partial charge in [0.15, 0.2) is 11.5 Å². The van der Waals surface area contributed by atoms with Gasteiger partial charge in [-0.2, -0.15) is 0 Å². The number of aromatic nitrogens is 2. The fraction of sp³-hybridized carbons (Fsp3) is 0.0909. The summed E-state index contributed by atoms with van der Waals surface area (Å²) in [5.41, 5.74) is 2.84. The molecule has 126 valence electrons. The minimum Gasteiger partial charge on any atom is -0.493 e. The molecule has 26 heavy (non-hydrogen) atoms. The average Bonchev–Trinajstić information content (AvgIpc) is 2.72. The summed E-state index contributed by atoms with van der Waals surface area (Å²) in [7, 11) is 3.18. The Bertz CT molecular complexity index is 924. The van der Waals surface area contributed by atoms with E-state index in [9.17, 15) is 0 Å². The second-order valence-corrected chi connectivity index (χ2v) is 5.18. The van der Waals surface area contributed by atoms with E-state index in [1.165, 1.54) is 0 Å². The van der Waals surface area contributed by atoms with Crippen molar-refractivity contribution >= 4 is 0 Å². The van der Waals surface area contributed by atoms with Gasteiger partial charge in [-0.05, 0) is 36.1 Å². The number of hydrogen-bond donors (Lipinski definition) is 0. The molecule has 4 nitrogen and oxygen atoms in total. The molecule has 0 saturated carbocycles. The third-order valence-electron chi connectivity index (χ3n) is 3.50. The zero-order valence-corrected chi connectivity index (χ0v) is 14.5. The summed E-state index contributed by atoms with van der Waals surface area (Å²) in [4.78, 5) is 8.44. The quantitative estimate of drug-likeness (QED) is 0.672. The van der Waals surface area contributed by atoms with Crippen molar-refractivity contribution in [2.45, 2.75) is 0 Å². The first-order chi connectivity index (χ1) is 12.8. The van der Waals surface area contributed by atoms with Gasteiger partial charge in [-0.3, -0.25) is 0 Å². The highest BCUT2D eigenvalue weighted by Crippen LogP contribution is 2.30. The fourth-order valence-electron chi connectivity index (χ4n) is 2.22. The molecule has 0 aliphatic carbocycles. The minimum absolute atomic E-state index is 0.598. The van der Waals surface area contributed by atoms with Crippen LogP contribution in [-0.4, -0.2) is 24.2 Å². The average molecular weight is 340 g/mol. The number of rotatable bonds is 2. The predicted molar refractivity (Wildman–Crippen MR) is 100.0 cm³/mol. The molecule has 3 aromatic rings. The van der Waals surface area contributed by atoms with Crippen molar-refractivity contribution in [1.82, 2.24) is 9.97 Å². The number of hydrogen-bond acceptors (Lipinski definition) is 4. The highest BCUT2D eigenvalue weighted by Gasteiger charge is 2.08. The van der Waals surface area contributed by atoms with Crippen LogP contribution in [0, 0.1) is 23.7 Å². The van der Waals surface area contributed by atoms with Crippen molar-refractivity contribution in [3.8, 4) is 35.2 Å². The molecule has 0 amide bonds. The van der Waals surface area contributed by atoms with Crippen molar-refractivity contribution in [3.63, 3.8) is 0 Å². The lowest BCUT2D eigenvalue weighted by atomic mass is 10.1. The fourth-order valence-corrected chi connectivity index (χ4v) is 2.22. The van der Waals surface area contributed by atoms with E-state index in [2.05, 4.69) is 33.6 Å². The number of benzene rings is 1. The Morgan fingerprint density at radius 2 is 1.12 bits per heavy atom. The normalized spacial score (nSPS) is 9.31. The topological polar surface area (TPSA) is 44.2 Å². The molecule has 0 saturated heterocycles. The van der Waals surface area contributed by atoms with E-state index in [1.807, 2.05) is 48.5 Å². The van der Waals surface area contributed by atoms with E-state index in [0.717, 1.165) is 11.1 Å². The van der Waals surface area contributed by atoms with Crippen molar-refractivity contribution in [2.75, 3.05) is 14.2 Å². The molecular formula is C22H16N2O2. The summed E-state index contributed by atoms with van der Waals surface area (Å²) in [6.45, 7) is 0. The van der Waals surface area contributed by atoms with Gasteiger partial charge in [-0.1, -0.05) is 24.0 Å². The zero-order valence-electron chi connectivity index (χ0n) is 14.5. The van der Waals surface area contributed by atoms with Crippen molar-refractivity contribution in [1.29, 1.82) is 0 Å². The Morgan fingerprint density at radius 1 is 0.654 bits per heavy atom. The monoisotopic (exact) mass is 340 g/mol. The highest BCUT2D eigenvalue weighted by atomic mass is 16.5. The molecule has 0 bridgehead atoms. The van der Waals surface area contributed by atoms with Gasteiger partial charge in [-0.15, -0.1) is 0 Å². The van der Waals surface area contributed by atoms with Gasteiger partial charge in [0.05, 0.1) is 14.2 Å². The van der Waals surface area contributed by atoms with E-state index in [0.29, 0.717) is 22.9 Å². The van der Waals surface area contributed by atoms with Crippen LogP contribution in [0.5, 0.6) is 11.5 Å². The summed E-state index contributed by atoms with van der Waals surface area (Å²) < 4.78 is 10.8. The molecule has 0 aliphatic rings. The third-order valence-corrected chi connectivity index (χ3v) is 3.50. The molecule has 1 aromatic carbocycles. The largest absolute Gasteiger partial charge is 0.493 e. The van der Waals surface area contributed by atoms with E-state index in [4.69, 9.17) is 9.47 Å². The van der Waals surface area contributed by atoms with E-state index in [1.54, 1.807) is 26.6 Å². The summed E-state index contributed by atoms with van der Waals surface area (Å²) >= 11 is 0. The summed E-state index contributed by atoms with van der Waals surface area (Å²) in [6, 6.07) is 14.8. The van der Waals surface area contributed by atoms with Crippen LogP contribution in [-0.2, 0) is 0 Å². The van der Waals surface area contributed by atoms with Crippen LogP contribution >= 0.6 is 0 Å². The predicted octanol–water partition coefficient (Wildman–Crippen LogP) is 3.29. The molecule has 0 spiro atoms. The molecule has 0 unspecified atom stereocenters. The van der Waals surface area contributed by atoms with E-state index in [-0.39, 0.29) is 0 Å². The second-order valence-electron chi connectivity index (χ2n) is 5.18. The molecule has 0 atom stereocenters. The first-order valence-corrected chi connectivity index (χ1v) is 7.92. The van der Waals surface area contributed by atoms with E-state index >= 15 is 0 Å². The Morgan fingerprint density at radius 3 is 1.46 bits per heavy atom. The first kappa shape index (κ1) is 17.1. The lowest BCUT2D eigenvalue weighted by Crippen LogP contribution is -1.94. The van der Waals surface area contributed by atoms with Crippen LogP contribution in [0.15, 0.2) is 60.9 Å². The van der Waals surface area contributed by atoms with Crippen LogP contribution in [0.4, 0.5) is 0 Å². The molecule has 2 heterocycles. The maximum absolute atomic E-state index is 5.38. The molecular weight excluding hydrogens is 324 g/mol. The number of ether oxygens (including phenoxy) is 2. The van der Waals surface area contributed by atoms with Gasteiger partial charge < -0.3 is 9.47 Å². The smallest absolute Gasteiger partial charge is 0.162 e. The van der Waals surface area contributed by atoms with Gasteiger partial charge in [0, 0.05) is 35.7 Å². The SMILES string of the molecule is COc1cc(C#Cc2ccccn2)c(C#Cc2ccccn2)cc1OC. The molecule has 0 aliphatic heterocycles. The maximum Gasteiger partial charge on any atom is 0.162 e. The summed E-state index contributed by atoms with van der Waals surface area (Å²) in [5.74, 6) is 13.5. The minimum atomic E-state index is 0.598. The molecule has 0 N–H and O–H groups in total. The van der Waals surface area contributed by atoms with Gasteiger partial charge in [0.1, 0.15) is 11.4 Å². The van der Waals surface area contributed by atoms with Crippen molar-refractivity contribution in [3.05, 3.63) is 83.4 Å². The standard InChI is InChI=1S/C22H16N2O2/c1-25-21-15-17(9-11-19-7-3-5-13-23-19)18(16-22(21)26-2)10-12-20-8-4-6-14-24-20/h3-8,13-16H,1-2H3. The van der Waals surface area contributed by atoms with Gasteiger partial charge in [0.2, 0.25) is 0 Å². The van der Waals surface area contributed by atoms with Crippen LogP contribution in [0.25, 0.3) is 0 Å². The zero-order chi connectivity index (χ0) is 18.2. The lowest BCUT2D eigenvalue weighted by molar-refractivity contribution is 0.355. The Hall–Kier alpha value is -3.76. The Labute approximate surface area is 152 Å². The van der Waals surface area contributed by atoms with Crippen LogP contribution < -0.4 is 9.47 Å². The van der Waals surface area contributed by atoms with Crippen LogP contribution in [0.2, 0.25) is 0 Å². The molecule has 2 aromatic heterocycles. The number of methoxy groups -OCH3 is 2. The molecule has 0 fully saturated rings. The van der Waals surface area contributed by atoms with Crippen LogP contribution in [0.1, 0.15) is 22.5 Å². The summed E-state index contributed by atoms with van der Waals surface area (Å²) in [6.07, 6.45) is 3.42. The van der Waals surface area contributed by atoms with Gasteiger partial charge in [-0.25, -0.2) is 9.97 Å². The third kappa shape index (κ3) is 4.20. The number of nitrogens with zero attached hydrogens (tertiary/aromatic N) is 2. The second kappa shape index (κ2) is 8.37. The van der Waals surface area contributed by atoms with Crippen LogP contribution in [0.3, 0.4) is 0 Å².